The molecule has 2 saturated heterocycles. The Morgan fingerprint density at radius 1 is 0.667 bits per heavy atom. The molecule has 8 unspecified atom stereocenters. The van der Waals surface area contributed by atoms with Gasteiger partial charge in [0.25, 0.3) is 0 Å². The van der Waals surface area contributed by atoms with Gasteiger partial charge in [-0.25, -0.2) is 0 Å². The first-order valence-corrected chi connectivity index (χ1v) is 23.1. The van der Waals surface area contributed by atoms with Gasteiger partial charge in [-0.15, -0.1) is 0 Å². The summed E-state index contributed by atoms with van der Waals surface area (Å²) in [6, 6.07) is 4.07. The quantitative estimate of drug-likeness (QED) is 0.0820. The minimum atomic E-state index is -1.57. The van der Waals surface area contributed by atoms with Crippen LogP contribution in [0.1, 0.15) is 218 Å². The molecule has 3 rings (SSSR count). The van der Waals surface area contributed by atoms with Crippen molar-refractivity contribution < 1.29 is 24.2 Å². The van der Waals surface area contributed by atoms with E-state index in [1.54, 1.807) is 0 Å². The van der Waals surface area contributed by atoms with E-state index < -0.39 is 17.4 Å². The van der Waals surface area contributed by atoms with Gasteiger partial charge in [0.1, 0.15) is 18.0 Å². The number of phenolic OH excluding ortho intramolecular Hbond substituents is 1. The molecule has 0 radical (unpaired) electrons. The van der Waals surface area contributed by atoms with Gasteiger partial charge in [0.2, 0.25) is 0 Å². The molecule has 1 aromatic carbocycles. The van der Waals surface area contributed by atoms with E-state index in [4.69, 9.17) is 9.47 Å². The third kappa shape index (κ3) is 11.2. The molecule has 0 spiro atoms. The number of benzene rings is 1. The molecule has 0 saturated carbocycles. The maximum Gasteiger partial charge on any atom is 0.324 e. The number of phenols is 1. The number of ether oxygens (including phenoxy) is 2. The average molecular weight is 797 g/mol. The minimum Gasteiger partial charge on any atom is -0.507 e. The van der Waals surface area contributed by atoms with Gasteiger partial charge in [0, 0.05) is 46.8 Å². The Bertz CT molecular complexity index is 1410. The van der Waals surface area contributed by atoms with E-state index in [0.717, 1.165) is 68.1 Å². The molecule has 0 bridgehead atoms. The van der Waals surface area contributed by atoms with Gasteiger partial charge in [-0.2, -0.15) is 0 Å². The summed E-state index contributed by atoms with van der Waals surface area (Å²) in [5.74, 6) is -0.576. The van der Waals surface area contributed by atoms with Crippen molar-refractivity contribution in [3.63, 3.8) is 0 Å². The molecule has 0 aliphatic carbocycles. The highest BCUT2D eigenvalue weighted by Crippen LogP contribution is 2.46. The zero-order valence-corrected chi connectivity index (χ0v) is 39.9. The number of rotatable bonds is 17. The maximum absolute atomic E-state index is 15.6. The van der Waals surface area contributed by atoms with Crippen LogP contribution in [-0.4, -0.2) is 51.4 Å². The molecule has 0 aromatic heterocycles. The molecule has 1 aromatic rings. The van der Waals surface area contributed by atoms with Crippen molar-refractivity contribution in [2.75, 3.05) is 0 Å². The smallest absolute Gasteiger partial charge is 0.324 e. The topological polar surface area (TPSA) is 96.9 Å². The van der Waals surface area contributed by atoms with E-state index in [1.807, 2.05) is 12.1 Å². The number of hydrogen-bond acceptors (Lipinski definition) is 7. The molecule has 0 amide bonds. The van der Waals surface area contributed by atoms with Crippen LogP contribution < -0.4 is 10.6 Å². The summed E-state index contributed by atoms with van der Waals surface area (Å²) in [5.41, 5.74) is -0.749. The van der Waals surface area contributed by atoms with Gasteiger partial charge in [0.15, 0.2) is 5.41 Å². The van der Waals surface area contributed by atoms with Crippen molar-refractivity contribution in [2.24, 2.45) is 17.3 Å². The Morgan fingerprint density at radius 2 is 1.05 bits per heavy atom. The molecule has 2 aliphatic heterocycles. The van der Waals surface area contributed by atoms with E-state index in [2.05, 4.69) is 128 Å². The lowest BCUT2D eigenvalue weighted by atomic mass is 9.69. The number of aromatic hydroxyl groups is 1. The van der Waals surface area contributed by atoms with Crippen LogP contribution in [-0.2, 0) is 36.3 Å². The summed E-state index contributed by atoms with van der Waals surface area (Å²) < 4.78 is 13.7. The molecule has 2 heterocycles. The predicted octanol–water partition coefficient (Wildman–Crippen LogP) is 12.0. The highest BCUT2D eigenvalue weighted by Gasteiger charge is 2.55. The third-order valence-corrected chi connectivity index (χ3v) is 15.2. The van der Waals surface area contributed by atoms with Crippen molar-refractivity contribution in [1.82, 2.24) is 10.6 Å². The maximum atomic E-state index is 15.6. The van der Waals surface area contributed by atoms with E-state index in [9.17, 15) is 5.11 Å². The van der Waals surface area contributed by atoms with Gasteiger partial charge < -0.3 is 25.2 Å². The first-order valence-electron chi connectivity index (χ1n) is 23.1. The Balaban J connectivity index is 2.30. The molecule has 3 N–H and O–H groups in total. The molecule has 328 valence electrons. The minimum absolute atomic E-state index is 0.0301. The fourth-order valence-electron chi connectivity index (χ4n) is 9.86. The number of nitrogens with one attached hydrogen (secondary N) is 2. The Hall–Kier alpha value is -2.12. The van der Waals surface area contributed by atoms with E-state index in [-0.39, 0.29) is 69.2 Å². The van der Waals surface area contributed by atoms with Crippen LogP contribution >= 0.6 is 0 Å². The fraction of sp³-hybridized carbons (Fsp3) is 0.840. The van der Waals surface area contributed by atoms with Gasteiger partial charge in [-0.3, -0.25) is 9.59 Å². The normalized spacial score (nSPS) is 32.1. The van der Waals surface area contributed by atoms with Crippen molar-refractivity contribution in [3.8, 4) is 5.75 Å². The number of piperidine rings is 2. The lowest BCUT2D eigenvalue weighted by molar-refractivity contribution is -0.189. The van der Waals surface area contributed by atoms with Crippen molar-refractivity contribution >= 4 is 11.9 Å². The van der Waals surface area contributed by atoms with Gasteiger partial charge in [0.05, 0.1) is 0 Å². The number of unbranched alkanes of at least 4 members (excludes halogenated alkanes) is 5. The van der Waals surface area contributed by atoms with Crippen LogP contribution in [0.2, 0.25) is 0 Å². The van der Waals surface area contributed by atoms with Crippen LogP contribution in [0.5, 0.6) is 5.75 Å². The van der Waals surface area contributed by atoms with Crippen LogP contribution in [0.25, 0.3) is 0 Å². The van der Waals surface area contributed by atoms with E-state index in [0.29, 0.717) is 25.7 Å². The Morgan fingerprint density at radius 3 is 1.40 bits per heavy atom. The average Bonchev–Trinajstić information content (AvgIpc) is 3.12. The number of carbonyl (C=O) groups is 2. The summed E-state index contributed by atoms with van der Waals surface area (Å²) in [7, 11) is 0. The standard InChI is InChI=1S/C50H88N2O5/c1-18-23-24-25-26-27-28-50(31-36-29-37(44(8,9)10)41(53)38(30-36)45(11,12)13,42(54)56-39-32-46(14,19-2)51-48(16,21-4)34(39)6)43(55)57-40-33-47(15,20-3)52-49(17,22-5)35(40)7/h29-30,34-35,39-40,51-53H,18-28,31-33H2,1-17H3. The second-order valence-electron chi connectivity index (χ2n) is 21.8. The molecule has 7 heteroatoms. The van der Waals surface area contributed by atoms with Crippen LogP contribution in [0.15, 0.2) is 12.1 Å². The van der Waals surface area contributed by atoms with Gasteiger partial charge in [-0.1, -0.05) is 141 Å². The highest BCUT2D eigenvalue weighted by molar-refractivity contribution is 6.00. The number of hydrogen-bond donors (Lipinski definition) is 3. The first kappa shape index (κ1) is 49.2. The molecule has 2 fully saturated rings. The van der Waals surface area contributed by atoms with Crippen molar-refractivity contribution in [3.05, 3.63) is 28.8 Å². The summed E-state index contributed by atoms with van der Waals surface area (Å²) in [5, 5.41) is 19.6. The zero-order chi connectivity index (χ0) is 43.4. The second kappa shape index (κ2) is 18.7. The molecular formula is C50H88N2O5. The number of esters is 2. The zero-order valence-electron chi connectivity index (χ0n) is 39.9. The molecule has 8 atom stereocenters. The van der Waals surface area contributed by atoms with Crippen molar-refractivity contribution in [1.29, 1.82) is 0 Å². The lowest BCUT2D eigenvalue weighted by Gasteiger charge is -2.53. The second-order valence-corrected chi connectivity index (χ2v) is 21.8. The highest BCUT2D eigenvalue weighted by atomic mass is 16.6. The summed E-state index contributed by atoms with van der Waals surface area (Å²) in [6.45, 7) is 37.0. The molecule has 2 aliphatic rings. The Kier molecular flexibility index (Phi) is 16.1. The van der Waals surface area contributed by atoms with Crippen LogP contribution in [0.3, 0.4) is 0 Å². The van der Waals surface area contributed by atoms with E-state index in [1.165, 1.54) is 6.42 Å². The van der Waals surface area contributed by atoms with Gasteiger partial charge in [-0.05, 0) is 93.7 Å². The largest absolute Gasteiger partial charge is 0.507 e. The van der Waals surface area contributed by atoms with E-state index >= 15 is 9.59 Å². The summed E-state index contributed by atoms with van der Waals surface area (Å²) in [6.07, 6.45) is 10.8. The summed E-state index contributed by atoms with van der Waals surface area (Å²) >= 11 is 0. The number of carbonyl (C=O) groups excluding carboxylic acids is 2. The predicted molar refractivity (Wildman–Crippen MR) is 238 cm³/mol. The first-order chi connectivity index (χ1) is 26.2. The van der Waals surface area contributed by atoms with Crippen LogP contribution in [0, 0.1) is 17.3 Å². The van der Waals surface area contributed by atoms with Gasteiger partial charge >= 0.3 is 11.9 Å². The Labute approximate surface area is 350 Å². The fourth-order valence-corrected chi connectivity index (χ4v) is 9.86. The SMILES string of the molecule is CCCCCCCCC(Cc1cc(C(C)(C)C)c(O)c(C(C)(C)C)c1)(C(=O)OC1CC(C)(CC)NC(C)(CC)C1C)C(=O)OC1CC(C)(CC)NC(C)(CC)C1C. The molecule has 7 nitrogen and oxygen atoms in total. The lowest BCUT2D eigenvalue weighted by Crippen LogP contribution is -2.67. The van der Waals surface area contributed by atoms with Crippen LogP contribution in [0.4, 0.5) is 0 Å². The molecule has 57 heavy (non-hydrogen) atoms. The third-order valence-electron chi connectivity index (χ3n) is 15.2. The van der Waals surface area contributed by atoms with Crippen molar-refractivity contribution in [2.45, 2.75) is 253 Å². The molecular weight excluding hydrogens is 709 g/mol. The summed E-state index contributed by atoms with van der Waals surface area (Å²) in [4.78, 5) is 31.2. The monoisotopic (exact) mass is 797 g/mol.